The smallest absolute Gasteiger partial charge is 0.231 e. The first-order valence-corrected chi connectivity index (χ1v) is 8.51. The van der Waals surface area contributed by atoms with Crippen LogP contribution < -0.4 is 10.2 Å². The second-order valence-corrected chi connectivity index (χ2v) is 6.89. The lowest BCUT2D eigenvalue weighted by atomic mass is 10.1. The van der Waals surface area contributed by atoms with Gasteiger partial charge in [0.2, 0.25) is 11.8 Å². The summed E-state index contributed by atoms with van der Waals surface area (Å²) in [6.07, 6.45) is 2.83. The molecule has 0 spiro atoms. The summed E-state index contributed by atoms with van der Waals surface area (Å²) in [6, 6.07) is 7.86. The summed E-state index contributed by atoms with van der Waals surface area (Å²) in [7, 11) is 0. The zero-order valence-electron chi connectivity index (χ0n) is 13.2. The van der Waals surface area contributed by atoms with E-state index in [-0.39, 0.29) is 24.2 Å². The molecule has 2 heterocycles. The molecule has 0 saturated carbocycles. The molecule has 1 aliphatic rings. The van der Waals surface area contributed by atoms with Gasteiger partial charge in [-0.1, -0.05) is 25.1 Å². The number of nitrogens with zero attached hydrogens (tertiary/aromatic N) is 2. The van der Waals surface area contributed by atoms with E-state index in [2.05, 4.69) is 17.2 Å². The van der Waals surface area contributed by atoms with Gasteiger partial charge in [-0.25, -0.2) is 4.98 Å². The molecule has 0 bridgehead atoms. The summed E-state index contributed by atoms with van der Waals surface area (Å²) in [5, 5.41) is 3.41. The van der Waals surface area contributed by atoms with Crippen molar-refractivity contribution in [1.82, 2.24) is 4.98 Å². The average molecular weight is 329 g/mol. The van der Waals surface area contributed by atoms with Crippen LogP contribution in [0, 0.1) is 12.8 Å². The first kappa shape index (κ1) is 15.7. The van der Waals surface area contributed by atoms with Crippen LogP contribution in [0.3, 0.4) is 0 Å². The SMILES string of the molecule is CCc1ccccc1N1C[C@@H](C(=O)Nc2ncc(C)s2)CC1=O. The molecule has 1 fully saturated rings. The lowest BCUT2D eigenvalue weighted by molar-refractivity contribution is -0.122. The number of carbonyl (C=O) groups excluding carboxylic acids is 2. The van der Waals surface area contributed by atoms with E-state index in [4.69, 9.17) is 0 Å². The number of aryl methyl sites for hydroxylation is 2. The van der Waals surface area contributed by atoms with E-state index < -0.39 is 0 Å². The zero-order valence-corrected chi connectivity index (χ0v) is 14.0. The van der Waals surface area contributed by atoms with E-state index in [1.54, 1.807) is 11.1 Å². The third kappa shape index (κ3) is 3.27. The van der Waals surface area contributed by atoms with Gasteiger partial charge < -0.3 is 10.2 Å². The highest BCUT2D eigenvalue weighted by Gasteiger charge is 2.36. The standard InChI is InChI=1S/C17H19N3O2S/c1-3-12-6-4-5-7-14(12)20-10-13(8-15(20)21)16(22)19-17-18-9-11(2)23-17/h4-7,9,13H,3,8,10H2,1-2H3,(H,18,19,22)/t13-/m0/s1. The molecule has 1 saturated heterocycles. The predicted molar refractivity (Wildman–Crippen MR) is 91.8 cm³/mol. The maximum Gasteiger partial charge on any atom is 0.231 e. The van der Waals surface area contributed by atoms with Gasteiger partial charge in [0.15, 0.2) is 5.13 Å². The van der Waals surface area contributed by atoms with Gasteiger partial charge >= 0.3 is 0 Å². The summed E-state index contributed by atoms with van der Waals surface area (Å²) in [6.45, 7) is 4.43. The summed E-state index contributed by atoms with van der Waals surface area (Å²) in [5.41, 5.74) is 2.04. The zero-order chi connectivity index (χ0) is 16.4. The van der Waals surface area contributed by atoms with Crippen LogP contribution in [0.15, 0.2) is 30.5 Å². The Morgan fingerprint density at radius 2 is 2.22 bits per heavy atom. The number of hydrogen-bond donors (Lipinski definition) is 1. The number of amides is 2. The highest BCUT2D eigenvalue weighted by Crippen LogP contribution is 2.29. The molecule has 1 aliphatic heterocycles. The lowest BCUT2D eigenvalue weighted by Crippen LogP contribution is -2.28. The first-order valence-electron chi connectivity index (χ1n) is 7.70. The highest BCUT2D eigenvalue weighted by molar-refractivity contribution is 7.15. The largest absolute Gasteiger partial charge is 0.311 e. The van der Waals surface area contributed by atoms with Gasteiger partial charge in [-0.15, -0.1) is 11.3 Å². The van der Waals surface area contributed by atoms with Gasteiger partial charge in [-0.3, -0.25) is 9.59 Å². The van der Waals surface area contributed by atoms with Crippen LogP contribution in [-0.4, -0.2) is 23.3 Å². The van der Waals surface area contributed by atoms with E-state index in [1.165, 1.54) is 11.3 Å². The van der Waals surface area contributed by atoms with Gasteiger partial charge in [0, 0.05) is 29.7 Å². The van der Waals surface area contributed by atoms with Crippen LogP contribution >= 0.6 is 11.3 Å². The lowest BCUT2D eigenvalue weighted by Gasteiger charge is -2.19. The number of nitrogens with one attached hydrogen (secondary N) is 1. The molecular weight excluding hydrogens is 310 g/mol. The number of hydrogen-bond acceptors (Lipinski definition) is 4. The van der Waals surface area contributed by atoms with Crippen molar-refractivity contribution >= 4 is 34.0 Å². The summed E-state index contributed by atoms with van der Waals surface area (Å²) in [4.78, 5) is 31.6. The Labute approximate surface area is 139 Å². The van der Waals surface area contributed by atoms with E-state index >= 15 is 0 Å². The molecule has 2 amide bonds. The first-order chi connectivity index (χ1) is 11.1. The van der Waals surface area contributed by atoms with Crippen molar-refractivity contribution < 1.29 is 9.59 Å². The number of carbonyl (C=O) groups is 2. The van der Waals surface area contributed by atoms with E-state index in [1.807, 2.05) is 31.2 Å². The summed E-state index contributed by atoms with van der Waals surface area (Å²) in [5.74, 6) is -0.470. The van der Waals surface area contributed by atoms with Gasteiger partial charge in [0.1, 0.15) is 0 Å². The molecule has 1 aromatic carbocycles. The van der Waals surface area contributed by atoms with Crippen LogP contribution in [-0.2, 0) is 16.0 Å². The summed E-state index contributed by atoms with van der Waals surface area (Å²) < 4.78 is 0. The number of anilines is 2. The monoisotopic (exact) mass is 329 g/mol. The van der Waals surface area contributed by atoms with Crippen LogP contribution in [0.4, 0.5) is 10.8 Å². The predicted octanol–water partition coefficient (Wildman–Crippen LogP) is 3.01. The normalized spacial score (nSPS) is 17.6. The summed E-state index contributed by atoms with van der Waals surface area (Å²) >= 11 is 1.44. The van der Waals surface area contributed by atoms with Crippen molar-refractivity contribution in [2.45, 2.75) is 26.7 Å². The average Bonchev–Trinajstić information content (AvgIpc) is 3.13. The Bertz CT molecular complexity index is 741. The Morgan fingerprint density at radius 3 is 2.91 bits per heavy atom. The van der Waals surface area contributed by atoms with Crippen molar-refractivity contribution in [1.29, 1.82) is 0 Å². The van der Waals surface area contributed by atoms with Crippen molar-refractivity contribution in [3.63, 3.8) is 0 Å². The van der Waals surface area contributed by atoms with Gasteiger partial charge in [-0.2, -0.15) is 0 Å². The maximum absolute atomic E-state index is 12.4. The van der Waals surface area contributed by atoms with Crippen LogP contribution in [0.2, 0.25) is 0 Å². The minimum absolute atomic E-state index is 0.00127. The fourth-order valence-electron chi connectivity index (χ4n) is 2.81. The number of rotatable bonds is 4. The molecular formula is C17H19N3O2S. The Balaban J connectivity index is 1.73. The third-order valence-corrected chi connectivity index (χ3v) is 4.84. The fourth-order valence-corrected chi connectivity index (χ4v) is 3.48. The molecule has 6 heteroatoms. The third-order valence-electron chi connectivity index (χ3n) is 4.01. The minimum Gasteiger partial charge on any atom is -0.311 e. The van der Waals surface area contributed by atoms with E-state index in [0.717, 1.165) is 22.5 Å². The van der Waals surface area contributed by atoms with Gasteiger partial charge in [-0.05, 0) is 25.0 Å². The molecule has 1 atom stereocenters. The Morgan fingerprint density at radius 1 is 1.43 bits per heavy atom. The topological polar surface area (TPSA) is 62.3 Å². The molecule has 1 N–H and O–H groups in total. The number of thiazole rings is 1. The quantitative estimate of drug-likeness (QED) is 0.938. The second kappa shape index (κ2) is 6.50. The molecule has 1 aromatic heterocycles. The van der Waals surface area contributed by atoms with E-state index in [9.17, 15) is 9.59 Å². The molecule has 120 valence electrons. The Kier molecular flexibility index (Phi) is 4.43. The molecule has 5 nitrogen and oxygen atoms in total. The molecule has 2 aromatic rings. The van der Waals surface area contributed by atoms with Gasteiger partial charge in [0.05, 0.1) is 5.92 Å². The molecule has 0 aliphatic carbocycles. The van der Waals surface area contributed by atoms with Crippen LogP contribution in [0.5, 0.6) is 0 Å². The van der Waals surface area contributed by atoms with Crippen LogP contribution in [0.1, 0.15) is 23.8 Å². The van der Waals surface area contributed by atoms with E-state index in [0.29, 0.717) is 11.7 Å². The molecule has 0 radical (unpaired) electrons. The molecule has 0 unspecified atom stereocenters. The number of benzene rings is 1. The van der Waals surface area contributed by atoms with Crippen molar-refractivity contribution in [3.8, 4) is 0 Å². The number of para-hydroxylation sites is 1. The fraction of sp³-hybridized carbons (Fsp3) is 0.353. The van der Waals surface area contributed by atoms with Crippen molar-refractivity contribution in [2.75, 3.05) is 16.8 Å². The number of aromatic nitrogens is 1. The van der Waals surface area contributed by atoms with Gasteiger partial charge in [0.25, 0.3) is 0 Å². The van der Waals surface area contributed by atoms with Crippen molar-refractivity contribution in [2.24, 2.45) is 5.92 Å². The highest BCUT2D eigenvalue weighted by atomic mass is 32.1. The Hall–Kier alpha value is -2.21. The second-order valence-electron chi connectivity index (χ2n) is 5.65. The van der Waals surface area contributed by atoms with Crippen molar-refractivity contribution in [3.05, 3.63) is 40.9 Å². The minimum atomic E-state index is -0.336. The van der Waals surface area contributed by atoms with Crippen LogP contribution in [0.25, 0.3) is 0 Å². The maximum atomic E-state index is 12.4. The molecule has 23 heavy (non-hydrogen) atoms. The molecule has 3 rings (SSSR count).